The van der Waals surface area contributed by atoms with Crippen molar-refractivity contribution in [1.29, 1.82) is 0 Å². The maximum atomic E-state index is 12.9. The van der Waals surface area contributed by atoms with E-state index in [0.29, 0.717) is 46.0 Å². The summed E-state index contributed by atoms with van der Waals surface area (Å²) in [4.78, 5) is 27.0. The van der Waals surface area contributed by atoms with Gasteiger partial charge in [0.2, 0.25) is 0 Å². The van der Waals surface area contributed by atoms with E-state index in [1.54, 1.807) is 30.3 Å². The smallest absolute Gasteiger partial charge is 0.293 e. The number of carbonyl (C=O) groups excluding carboxylic acids is 2. The number of imide groups is 1. The summed E-state index contributed by atoms with van der Waals surface area (Å²) >= 11 is 13.0. The van der Waals surface area contributed by atoms with Crippen molar-refractivity contribution < 1.29 is 19.1 Å². The molecule has 35 heavy (non-hydrogen) atoms. The van der Waals surface area contributed by atoms with E-state index < -0.39 is 0 Å². The predicted octanol–water partition coefficient (Wildman–Crippen LogP) is 7.25. The summed E-state index contributed by atoms with van der Waals surface area (Å²) in [5, 5.41) is 0.689. The molecule has 5 nitrogen and oxygen atoms in total. The third-order valence-corrected chi connectivity index (χ3v) is 6.93. The molecule has 0 atom stereocenters. The molecule has 0 saturated carbocycles. The fourth-order valence-corrected chi connectivity index (χ4v) is 4.71. The van der Waals surface area contributed by atoms with Crippen LogP contribution in [0.5, 0.6) is 11.5 Å². The third kappa shape index (κ3) is 6.40. The van der Waals surface area contributed by atoms with E-state index in [-0.39, 0.29) is 17.8 Å². The van der Waals surface area contributed by atoms with Crippen LogP contribution in [-0.4, -0.2) is 29.2 Å². The van der Waals surface area contributed by atoms with Gasteiger partial charge in [0, 0.05) is 6.54 Å². The Kier molecular flexibility index (Phi) is 8.39. The number of ether oxygens (including phenoxy) is 2. The molecule has 1 heterocycles. The zero-order chi connectivity index (χ0) is 24.8. The number of hydrogen-bond acceptors (Lipinski definition) is 5. The second-order valence-electron chi connectivity index (χ2n) is 7.75. The van der Waals surface area contributed by atoms with Crippen LogP contribution < -0.4 is 9.47 Å². The van der Waals surface area contributed by atoms with Crippen molar-refractivity contribution in [2.75, 3.05) is 13.2 Å². The van der Waals surface area contributed by atoms with Gasteiger partial charge in [0.15, 0.2) is 11.5 Å². The van der Waals surface area contributed by atoms with E-state index in [4.69, 9.17) is 32.7 Å². The fourth-order valence-electron chi connectivity index (χ4n) is 3.52. The molecule has 4 rings (SSSR count). The van der Waals surface area contributed by atoms with E-state index in [1.165, 1.54) is 4.90 Å². The Labute approximate surface area is 218 Å². The molecule has 8 heteroatoms. The van der Waals surface area contributed by atoms with Gasteiger partial charge in [0.25, 0.3) is 11.1 Å². The molecular formula is C27H23Cl2NO4S. The van der Waals surface area contributed by atoms with Crippen molar-refractivity contribution in [3.05, 3.63) is 98.4 Å². The first-order valence-corrected chi connectivity index (χ1v) is 12.6. The molecule has 180 valence electrons. The van der Waals surface area contributed by atoms with Gasteiger partial charge in [0.1, 0.15) is 6.61 Å². The second-order valence-corrected chi connectivity index (χ2v) is 9.55. The van der Waals surface area contributed by atoms with E-state index in [0.717, 1.165) is 28.5 Å². The van der Waals surface area contributed by atoms with E-state index in [2.05, 4.69) is 0 Å². The quantitative estimate of drug-likeness (QED) is 0.274. The molecule has 1 saturated heterocycles. The molecule has 0 aliphatic carbocycles. The lowest BCUT2D eigenvalue weighted by Crippen LogP contribution is -2.30. The van der Waals surface area contributed by atoms with Crippen LogP contribution in [0.3, 0.4) is 0 Å². The Morgan fingerprint density at radius 3 is 2.43 bits per heavy atom. The molecule has 0 spiro atoms. The SMILES string of the molecule is CCOc1cc(/C=C2\SC(=O)N(CCc3ccccc3)C2=O)ccc1OCc1ccc(Cl)c(Cl)c1. The number of hydrogen-bond donors (Lipinski definition) is 0. The van der Waals surface area contributed by atoms with Crippen molar-refractivity contribution >= 4 is 52.2 Å². The van der Waals surface area contributed by atoms with Gasteiger partial charge in [-0.15, -0.1) is 0 Å². The molecule has 1 aliphatic heterocycles. The van der Waals surface area contributed by atoms with Crippen LogP contribution in [0.2, 0.25) is 10.0 Å². The van der Waals surface area contributed by atoms with Crippen molar-refractivity contribution in [2.24, 2.45) is 0 Å². The minimum atomic E-state index is -0.283. The lowest BCUT2D eigenvalue weighted by Gasteiger charge is -2.13. The molecule has 0 unspecified atom stereocenters. The van der Waals surface area contributed by atoms with Crippen LogP contribution in [0.1, 0.15) is 23.6 Å². The largest absolute Gasteiger partial charge is 0.490 e. The summed E-state index contributed by atoms with van der Waals surface area (Å²) in [5.41, 5.74) is 2.69. The van der Waals surface area contributed by atoms with Gasteiger partial charge in [-0.1, -0.05) is 65.7 Å². The summed E-state index contributed by atoms with van der Waals surface area (Å²) in [7, 11) is 0. The highest BCUT2D eigenvalue weighted by atomic mass is 35.5. The maximum absolute atomic E-state index is 12.9. The third-order valence-electron chi connectivity index (χ3n) is 5.28. The zero-order valence-corrected chi connectivity index (χ0v) is 21.3. The van der Waals surface area contributed by atoms with Crippen molar-refractivity contribution in [3.63, 3.8) is 0 Å². The summed E-state index contributed by atoms with van der Waals surface area (Å²) < 4.78 is 11.7. The van der Waals surface area contributed by atoms with E-state index >= 15 is 0 Å². The Morgan fingerprint density at radius 2 is 1.69 bits per heavy atom. The molecule has 0 bridgehead atoms. The Bertz CT molecular complexity index is 1260. The highest BCUT2D eigenvalue weighted by molar-refractivity contribution is 8.18. The molecule has 1 aliphatic rings. The number of thioether (sulfide) groups is 1. The molecule has 3 aromatic carbocycles. The van der Waals surface area contributed by atoms with Crippen LogP contribution in [0, 0.1) is 0 Å². The van der Waals surface area contributed by atoms with Crippen molar-refractivity contribution in [1.82, 2.24) is 4.90 Å². The molecule has 1 fully saturated rings. The number of rotatable bonds is 9. The second kappa shape index (κ2) is 11.7. The van der Waals surface area contributed by atoms with Gasteiger partial charge in [-0.2, -0.15) is 0 Å². The summed E-state index contributed by atoms with van der Waals surface area (Å²) in [6.07, 6.45) is 2.32. The molecule has 0 radical (unpaired) electrons. The van der Waals surface area contributed by atoms with E-state index in [1.807, 2.05) is 49.4 Å². The molecule has 3 aromatic rings. The van der Waals surface area contributed by atoms with Gasteiger partial charge in [-0.25, -0.2) is 0 Å². The Morgan fingerprint density at radius 1 is 0.886 bits per heavy atom. The van der Waals surface area contributed by atoms with Gasteiger partial charge >= 0.3 is 0 Å². The molecule has 0 N–H and O–H groups in total. The standard InChI is InChI=1S/C27H23Cl2NO4S/c1-2-33-24-15-19(9-11-23(24)34-17-20-8-10-21(28)22(29)14-20)16-25-26(31)30(27(32)35-25)13-12-18-6-4-3-5-7-18/h3-11,14-16H,2,12-13,17H2,1H3/b25-16-. The summed E-state index contributed by atoms with van der Waals surface area (Å²) in [6.45, 7) is 2.96. The van der Waals surface area contributed by atoms with Crippen molar-refractivity contribution in [3.8, 4) is 11.5 Å². The summed E-state index contributed by atoms with van der Waals surface area (Å²) in [6, 6.07) is 20.5. The Balaban J connectivity index is 1.46. The average molecular weight is 528 g/mol. The van der Waals surface area contributed by atoms with Crippen LogP contribution in [-0.2, 0) is 17.8 Å². The fraction of sp³-hybridized carbons (Fsp3) is 0.185. The van der Waals surface area contributed by atoms with Crippen LogP contribution in [0.25, 0.3) is 6.08 Å². The maximum Gasteiger partial charge on any atom is 0.293 e. The van der Waals surface area contributed by atoms with E-state index in [9.17, 15) is 9.59 Å². The lowest BCUT2D eigenvalue weighted by atomic mass is 10.1. The van der Waals surface area contributed by atoms with Gasteiger partial charge in [0.05, 0.1) is 21.6 Å². The zero-order valence-electron chi connectivity index (χ0n) is 19.0. The summed E-state index contributed by atoms with van der Waals surface area (Å²) in [5.74, 6) is 0.824. The topological polar surface area (TPSA) is 55.8 Å². The van der Waals surface area contributed by atoms with Gasteiger partial charge < -0.3 is 9.47 Å². The lowest BCUT2D eigenvalue weighted by molar-refractivity contribution is -0.122. The number of carbonyl (C=O) groups is 2. The Hall–Kier alpha value is -2.93. The number of benzene rings is 3. The number of nitrogens with zero attached hydrogens (tertiary/aromatic N) is 1. The van der Waals surface area contributed by atoms with Crippen molar-refractivity contribution in [2.45, 2.75) is 20.0 Å². The minimum absolute atomic E-state index is 0.260. The van der Waals surface area contributed by atoms with Crippen LogP contribution >= 0.6 is 35.0 Å². The van der Waals surface area contributed by atoms with Gasteiger partial charge in [-0.3, -0.25) is 14.5 Å². The number of halogens is 2. The predicted molar refractivity (Wildman–Crippen MR) is 141 cm³/mol. The average Bonchev–Trinajstić information content (AvgIpc) is 3.12. The molecule has 0 aromatic heterocycles. The first-order chi connectivity index (χ1) is 16.9. The molecular weight excluding hydrogens is 505 g/mol. The van der Waals surface area contributed by atoms with Gasteiger partial charge in [-0.05, 0) is 72.1 Å². The first kappa shape index (κ1) is 25.2. The van der Waals surface area contributed by atoms with Crippen LogP contribution in [0.4, 0.5) is 4.79 Å². The number of amides is 2. The minimum Gasteiger partial charge on any atom is -0.490 e. The normalized spacial score (nSPS) is 14.6. The monoisotopic (exact) mass is 527 g/mol. The first-order valence-electron chi connectivity index (χ1n) is 11.1. The highest BCUT2D eigenvalue weighted by Gasteiger charge is 2.34. The highest BCUT2D eigenvalue weighted by Crippen LogP contribution is 2.35. The molecule has 2 amide bonds. The van der Waals surface area contributed by atoms with Crippen LogP contribution in [0.15, 0.2) is 71.6 Å².